The van der Waals surface area contributed by atoms with E-state index in [9.17, 15) is 4.79 Å². The number of nitrogens with one attached hydrogen (secondary N) is 3. The monoisotopic (exact) mass is 430 g/mol. The number of unbranched alkanes of at least 4 members (excludes halogenated alkanes) is 2. The number of hydrazine groups is 1. The molecule has 0 saturated carbocycles. The lowest BCUT2D eigenvalue weighted by Gasteiger charge is -2.20. The Morgan fingerprint density at radius 3 is 2.40 bits per heavy atom. The zero-order valence-corrected chi connectivity index (χ0v) is 19.3. The molecule has 0 fully saturated rings. The van der Waals surface area contributed by atoms with Gasteiger partial charge in [0.05, 0.1) is 6.54 Å². The van der Waals surface area contributed by atoms with Crippen LogP contribution < -0.4 is 16.2 Å². The number of furan rings is 1. The van der Waals surface area contributed by atoms with Crippen LogP contribution in [0.1, 0.15) is 67.0 Å². The quantitative estimate of drug-likeness (QED) is 0.367. The van der Waals surface area contributed by atoms with Gasteiger partial charge in [-0.1, -0.05) is 38.8 Å². The van der Waals surface area contributed by atoms with Gasteiger partial charge in [0.2, 0.25) is 0 Å². The highest BCUT2D eigenvalue weighted by Crippen LogP contribution is 2.16. The van der Waals surface area contributed by atoms with E-state index in [4.69, 9.17) is 16.6 Å². The van der Waals surface area contributed by atoms with Crippen LogP contribution >= 0.6 is 12.2 Å². The van der Waals surface area contributed by atoms with E-state index >= 15 is 0 Å². The predicted molar refractivity (Wildman–Crippen MR) is 127 cm³/mol. The Morgan fingerprint density at radius 2 is 1.73 bits per heavy atom. The fourth-order valence-corrected chi connectivity index (χ4v) is 3.20. The Balaban J connectivity index is 1.86. The minimum Gasteiger partial charge on any atom is -0.454 e. The lowest BCUT2D eigenvalue weighted by atomic mass is 10.1. The fourth-order valence-electron chi connectivity index (χ4n) is 3.04. The molecule has 1 amide bonds. The van der Waals surface area contributed by atoms with Gasteiger partial charge in [0, 0.05) is 5.69 Å². The number of benzene rings is 1. The van der Waals surface area contributed by atoms with Gasteiger partial charge in [0.15, 0.2) is 10.9 Å². The Morgan fingerprint density at radius 1 is 1.03 bits per heavy atom. The SMILES string of the molecule is CCCCN(CCCC)Cc1ccc(C(=O)NNC(=S)Nc2cc(C)ccc2C)o1. The second-order valence-electron chi connectivity index (χ2n) is 7.60. The molecule has 0 unspecified atom stereocenters. The maximum atomic E-state index is 12.4. The maximum Gasteiger partial charge on any atom is 0.305 e. The Hall–Kier alpha value is -2.38. The van der Waals surface area contributed by atoms with Crippen LogP contribution in [0.25, 0.3) is 0 Å². The topological polar surface area (TPSA) is 69.5 Å². The van der Waals surface area contributed by atoms with E-state index in [1.54, 1.807) is 6.07 Å². The number of hydrogen-bond donors (Lipinski definition) is 3. The smallest absolute Gasteiger partial charge is 0.305 e. The Kier molecular flexibility index (Phi) is 9.83. The molecule has 164 valence electrons. The summed E-state index contributed by atoms with van der Waals surface area (Å²) in [5.74, 6) is 0.696. The summed E-state index contributed by atoms with van der Waals surface area (Å²) in [5, 5.41) is 3.41. The Labute approximate surface area is 185 Å². The predicted octanol–water partition coefficient (Wildman–Crippen LogP) is 4.93. The van der Waals surface area contributed by atoms with Crippen molar-refractivity contribution >= 4 is 28.9 Å². The molecule has 0 bridgehead atoms. The van der Waals surface area contributed by atoms with Crippen LogP contribution in [-0.4, -0.2) is 29.0 Å². The highest BCUT2D eigenvalue weighted by atomic mass is 32.1. The average molecular weight is 431 g/mol. The summed E-state index contributed by atoms with van der Waals surface area (Å²) in [6.45, 7) is 11.2. The van der Waals surface area contributed by atoms with Gasteiger partial charge in [-0.25, -0.2) is 0 Å². The molecular weight excluding hydrogens is 396 g/mol. The summed E-state index contributed by atoms with van der Waals surface area (Å²) < 4.78 is 5.76. The summed E-state index contributed by atoms with van der Waals surface area (Å²) in [5.41, 5.74) is 8.43. The van der Waals surface area contributed by atoms with Crippen molar-refractivity contribution in [1.82, 2.24) is 15.8 Å². The van der Waals surface area contributed by atoms with Crippen molar-refractivity contribution in [1.29, 1.82) is 0 Å². The van der Waals surface area contributed by atoms with Crippen molar-refractivity contribution in [3.8, 4) is 0 Å². The van der Waals surface area contributed by atoms with Crippen molar-refractivity contribution in [2.75, 3.05) is 18.4 Å². The molecule has 0 radical (unpaired) electrons. The van der Waals surface area contributed by atoms with Crippen LogP contribution in [0.4, 0.5) is 5.69 Å². The number of anilines is 1. The second kappa shape index (κ2) is 12.3. The lowest BCUT2D eigenvalue weighted by molar-refractivity contribution is 0.0912. The third-order valence-corrected chi connectivity index (χ3v) is 5.06. The minimum absolute atomic E-state index is 0.262. The van der Waals surface area contributed by atoms with E-state index in [2.05, 4.69) is 34.9 Å². The number of nitrogens with zero attached hydrogens (tertiary/aromatic N) is 1. The molecule has 0 aliphatic heterocycles. The van der Waals surface area contributed by atoms with Gasteiger partial charge in [-0.3, -0.25) is 20.5 Å². The van der Waals surface area contributed by atoms with E-state index < -0.39 is 0 Å². The molecule has 30 heavy (non-hydrogen) atoms. The van der Waals surface area contributed by atoms with Crippen molar-refractivity contribution in [3.63, 3.8) is 0 Å². The molecule has 1 aromatic carbocycles. The summed E-state index contributed by atoms with van der Waals surface area (Å²) in [6, 6.07) is 9.64. The van der Waals surface area contributed by atoms with Gasteiger partial charge in [-0.15, -0.1) is 0 Å². The number of carbonyl (C=O) groups excluding carboxylic acids is 1. The molecular formula is C23H34N4O2S. The van der Waals surface area contributed by atoms with Crippen molar-refractivity contribution in [2.24, 2.45) is 0 Å². The zero-order valence-electron chi connectivity index (χ0n) is 18.5. The third-order valence-electron chi connectivity index (χ3n) is 4.85. The second-order valence-corrected chi connectivity index (χ2v) is 8.01. The number of rotatable bonds is 10. The van der Waals surface area contributed by atoms with Crippen molar-refractivity contribution in [2.45, 2.75) is 59.9 Å². The molecule has 0 saturated heterocycles. The molecule has 2 rings (SSSR count). The van der Waals surface area contributed by atoms with Gasteiger partial charge < -0.3 is 9.73 Å². The Bertz CT molecular complexity index is 826. The van der Waals surface area contributed by atoms with E-state index in [-0.39, 0.29) is 11.7 Å². The molecule has 3 N–H and O–H groups in total. The summed E-state index contributed by atoms with van der Waals surface area (Å²) in [6.07, 6.45) is 4.64. The molecule has 0 spiro atoms. The summed E-state index contributed by atoms with van der Waals surface area (Å²) in [7, 11) is 0. The highest BCUT2D eigenvalue weighted by molar-refractivity contribution is 7.80. The van der Waals surface area contributed by atoms with Gasteiger partial charge >= 0.3 is 5.91 Å². The first kappa shape index (κ1) is 23.9. The van der Waals surface area contributed by atoms with Crippen molar-refractivity contribution in [3.05, 3.63) is 53.0 Å². The van der Waals surface area contributed by atoms with Crippen LogP contribution in [0.2, 0.25) is 0 Å². The number of thiocarbonyl (C=S) groups is 1. The average Bonchev–Trinajstić information content (AvgIpc) is 3.19. The lowest BCUT2D eigenvalue weighted by Crippen LogP contribution is -2.43. The van der Waals surface area contributed by atoms with Crippen LogP contribution in [0.3, 0.4) is 0 Å². The van der Waals surface area contributed by atoms with Gasteiger partial charge in [-0.05, 0) is 81.3 Å². The maximum absolute atomic E-state index is 12.4. The first-order chi connectivity index (χ1) is 14.4. The molecule has 0 aliphatic carbocycles. The van der Waals surface area contributed by atoms with Crippen LogP contribution in [0.5, 0.6) is 0 Å². The highest BCUT2D eigenvalue weighted by Gasteiger charge is 2.14. The fraction of sp³-hybridized carbons (Fsp3) is 0.478. The van der Waals surface area contributed by atoms with E-state index in [0.29, 0.717) is 11.7 Å². The molecule has 0 atom stereocenters. The first-order valence-corrected chi connectivity index (χ1v) is 11.1. The van der Waals surface area contributed by atoms with E-state index in [1.165, 1.54) is 0 Å². The van der Waals surface area contributed by atoms with Gasteiger partial charge in [0.1, 0.15) is 5.76 Å². The largest absolute Gasteiger partial charge is 0.454 e. The molecule has 7 heteroatoms. The number of aryl methyl sites for hydroxylation is 2. The summed E-state index contributed by atoms with van der Waals surface area (Å²) >= 11 is 5.28. The van der Waals surface area contributed by atoms with E-state index in [1.807, 2.05) is 38.1 Å². The molecule has 1 aromatic heterocycles. The summed E-state index contributed by atoms with van der Waals surface area (Å²) in [4.78, 5) is 14.8. The van der Waals surface area contributed by atoms with E-state index in [0.717, 1.165) is 61.3 Å². The minimum atomic E-state index is -0.361. The van der Waals surface area contributed by atoms with Crippen LogP contribution in [0.15, 0.2) is 34.7 Å². The van der Waals surface area contributed by atoms with Crippen LogP contribution in [0, 0.1) is 13.8 Å². The molecule has 2 aromatic rings. The number of carbonyl (C=O) groups is 1. The van der Waals surface area contributed by atoms with Crippen molar-refractivity contribution < 1.29 is 9.21 Å². The van der Waals surface area contributed by atoms with Gasteiger partial charge in [-0.2, -0.15) is 0 Å². The number of amides is 1. The number of hydrogen-bond acceptors (Lipinski definition) is 4. The normalized spacial score (nSPS) is 10.8. The molecule has 6 nitrogen and oxygen atoms in total. The standard InChI is InChI=1S/C23H34N4O2S/c1-5-7-13-27(14-8-6-2)16-19-11-12-21(29-19)22(28)25-26-23(30)24-20-15-17(3)9-10-18(20)4/h9-12,15H,5-8,13-14,16H2,1-4H3,(H,25,28)(H2,24,26,30). The molecule has 0 aliphatic rings. The van der Waals surface area contributed by atoms with Crippen LogP contribution in [-0.2, 0) is 6.54 Å². The first-order valence-electron chi connectivity index (χ1n) is 10.7. The zero-order chi connectivity index (χ0) is 21.9. The van der Waals surface area contributed by atoms with Gasteiger partial charge in [0.25, 0.3) is 0 Å². The third kappa shape index (κ3) is 7.80. The molecule has 1 heterocycles.